The summed E-state index contributed by atoms with van der Waals surface area (Å²) in [5, 5.41) is 0. The van der Waals surface area contributed by atoms with Gasteiger partial charge >= 0.3 is 0 Å². The van der Waals surface area contributed by atoms with Crippen molar-refractivity contribution >= 4 is 5.78 Å². The Balaban J connectivity index is 4.71. The molecule has 0 amide bonds. The maximum Gasteiger partial charge on any atom is 0.163 e. The van der Waals surface area contributed by atoms with Crippen LogP contribution < -0.4 is 0 Å². The van der Waals surface area contributed by atoms with Crippen molar-refractivity contribution in [1.29, 1.82) is 0 Å². The van der Waals surface area contributed by atoms with Gasteiger partial charge in [0, 0.05) is 5.41 Å². The van der Waals surface area contributed by atoms with Crippen LogP contribution in [0, 0.1) is 10.8 Å². The molecule has 0 saturated carbocycles. The molecule has 0 fully saturated rings. The van der Waals surface area contributed by atoms with Crippen molar-refractivity contribution in [3.8, 4) is 0 Å². The van der Waals surface area contributed by atoms with Gasteiger partial charge in [0.1, 0.15) is 0 Å². The quantitative estimate of drug-likeness (QED) is 0.610. The van der Waals surface area contributed by atoms with Crippen LogP contribution in [0.15, 0.2) is 11.6 Å². The normalized spacial score (nSPS) is 14.4. The molecule has 0 unspecified atom stereocenters. The predicted molar refractivity (Wildman–Crippen MR) is 62.3 cm³/mol. The number of carbonyl (C=O) groups is 1. The second-order valence-corrected chi connectivity index (χ2v) is 6.13. The number of rotatable bonds is 2. The van der Waals surface area contributed by atoms with Gasteiger partial charge in [0.05, 0.1) is 0 Å². The van der Waals surface area contributed by atoms with Gasteiger partial charge in [-0.05, 0) is 24.3 Å². The van der Waals surface area contributed by atoms with Gasteiger partial charge in [-0.15, -0.1) is 0 Å². The molecule has 82 valence electrons. The number of ketones is 1. The van der Waals surface area contributed by atoms with Crippen LogP contribution in [0.1, 0.15) is 54.9 Å². The first-order valence-corrected chi connectivity index (χ1v) is 5.28. The molecule has 0 atom stereocenters. The smallest absolute Gasteiger partial charge is 0.163 e. The number of hydrogen-bond acceptors (Lipinski definition) is 1. The first kappa shape index (κ1) is 13.4. The molecule has 0 saturated heterocycles. The summed E-state index contributed by atoms with van der Waals surface area (Å²) >= 11 is 0. The van der Waals surface area contributed by atoms with Crippen molar-refractivity contribution in [2.24, 2.45) is 10.8 Å². The Morgan fingerprint density at radius 1 is 1.07 bits per heavy atom. The van der Waals surface area contributed by atoms with E-state index in [9.17, 15) is 4.79 Å². The van der Waals surface area contributed by atoms with E-state index in [4.69, 9.17) is 0 Å². The minimum absolute atomic E-state index is 0.183. The van der Waals surface area contributed by atoms with E-state index in [1.807, 2.05) is 33.8 Å². The number of hydrogen-bond donors (Lipinski definition) is 0. The minimum Gasteiger partial charge on any atom is -0.294 e. The van der Waals surface area contributed by atoms with Crippen molar-refractivity contribution in [3.63, 3.8) is 0 Å². The third-order valence-corrected chi connectivity index (χ3v) is 2.04. The van der Waals surface area contributed by atoms with E-state index < -0.39 is 0 Å². The highest BCUT2D eigenvalue weighted by atomic mass is 16.1. The first-order chi connectivity index (χ1) is 6.08. The van der Waals surface area contributed by atoms with E-state index in [0.717, 1.165) is 12.0 Å². The average Bonchev–Trinajstić information content (AvgIpc) is 1.95. The molecule has 0 aliphatic carbocycles. The van der Waals surface area contributed by atoms with Gasteiger partial charge in [0.2, 0.25) is 0 Å². The standard InChI is InChI=1S/C13H24O/c1-8-10(9-12(2,3)4)11(14)13(5,6)7/h8H,9H2,1-7H3/b10-8+. The van der Waals surface area contributed by atoms with Crippen LogP contribution in [0.2, 0.25) is 0 Å². The average molecular weight is 196 g/mol. The van der Waals surface area contributed by atoms with E-state index in [1.54, 1.807) is 0 Å². The summed E-state index contributed by atoms with van der Waals surface area (Å²) in [5.74, 6) is 0.273. The van der Waals surface area contributed by atoms with E-state index in [-0.39, 0.29) is 16.6 Å². The Labute approximate surface area is 88.6 Å². The highest BCUT2D eigenvalue weighted by Crippen LogP contribution is 2.29. The van der Waals surface area contributed by atoms with E-state index >= 15 is 0 Å². The fourth-order valence-electron chi connectivity index (χ4n) is 1.37. The molecule has 0 radical (unpaired) electrons. The monoisotopic (exact) mass is 196 g/mol. The van der Waals surface area contributed by atoms with Gasteiger partial charge in [0.15, 0.2) is 5.78 Å². The molecule has 0 rings (SSSR count). The molecular weight excluding hydrogens is 172 g/mol. The molecule has 0 aromatic rings. The lowest BCUT2D eigenvalue weighted by molar-refractivity contribution is -0.122. The third-order valence-electron chi connectivity index (χ3n) is 2.04. The molecule has 0 spiro atoms. The van der Waals surface area contributed by atoms with Gasteiger partial charge < -0.3 is 0 Å². The first-order valence-electron chi connectivity index (χ1n) is 5.28. The number of Topliss-reactive ketones (excluding diaryl/α,β-unsaturated/α-hetero) is 1. The molecule has 14 heavy (non-hydrogen) atoms. The fourth-order valence-corrected chi connectivity index (χ4v) is 1.37. The van der Waals surface area contributed by atoms with Crippen LogP contribution in [-0.2, 0) is 4.79 Å². The van der Waals surface area contributed by atoms with Crippen LogP contribution in [0.3, 0.4) is 0 Å². The molecule has 0 heterocycles. The van der Waals surface area contributed by atoms with Gasteiger partial charge in [-0.3, -0.25) is 4.79 Å². The summed E-state index contributed by atoms with van der Waals surface area (Å²) in [4.78, 5) is 12.0. The molecule has 0 bridgehead atoms. The maximum atomic E-state index is 12.0. The highest BCUT2D eigenvalue weighted by Gasteiger charge is 2.26. The highest BCUT2D eigenvalue weighted by molar-refractivity contribution is 5.99. The SMILES string of the molecule is C/C=C(\CC(C)(C)C)C(=O)C(C)(C)C. The van der Waals surface area contributed by atoms with Crippen molar-refractivity contribution in [3.05, 3.63) is 11.6 Å². The summed E-state index contributed by atoms with van der Waals surface area (Å²) in [7, 11) is 0. The topological polar surface area (TPSA) is 17.1 Å². The van der Waals surface area contributed by atoms with Crippen LogP contribution in [0.25, 0.3) is 0 Å². The van der Waals surface area contributed by atoms with Crippen LogP contribution in [0.4, 0.5) is 0 Å². The molecule has 1 nitrogen and oxygen atoms in total. The predicted octanol–water partition coefficient (Wildman–Crippen LogP) is 3.98. The molecule has 0 aliphatic rings. The molecule has 0 N–H and O–H groups in total. The lowest BCUT2D eigenvalue weighted by Crippen LogP contribution is -2.24. The summed E-state index contributed by atoms with van der Waals surface area (Å²) in [6.45, 7) is 14.3. The molecule has 0 aromatic carbocycles. The second kappa shape index (κ2) is 4.29. The van der Waals surface area contributed by atoms with E-state index in [0.29, 0.717) is 0 Å². The molecule has 1 heteroatoms. The lowest BCUT2D eigenvalue weighted by Gasteiger charge is -2.24. The van der Waals surface area contributed by atoms with Crippen molar-refractivity contribution in [2.75, 3.05) is 0 Å². The minimum atomic E-state index is -0.257. The van der Waals surface area contributed by atoms with Crippen LogP contribution >= 0.6 is 0 Å². The largest absolute Gasteiger partial charge is 0.294 e. The van der Waals surface area contributed by atoms with Crippen molar-refractivity contribution in [1.82, 2.24) is 0 Å². The van der Waals surface area contributed by atoms with Gasteiger partial charge in [0.25, 0.3) is 0 Å². The van der Waals surface area contributed by atoms with Crippen LogP contribution in [0.5, 0.6) is 0 Å². The number of allylic oxidation sites excluding steroid dienone is 2. The molecular formula is C13H24O. The van der Waals surface area contributed by atoms with Gasteiger partial charge in [-0.2, -0.15) is 0 Å². The Bertz CT molecular complexity index is 233. The van der Waals surface area contributed by atoms with E-state index in [1.165, 1.54) is 0 Å². The van der Waals surface area contributed by atoms with Crippen molar-refractivity contribution < 1.29 is 4.79 Å². The zero-order valence-corrected chi connectivity index (χ0v) is 10.7. The van der Waals surface area contributed by atoms with Gasteiger partial charge in [-0.1, -0.05) is 47.6 Å². The summed E-state index contributed by atoms with van der Waals surface area (Å²) < 4.78 is 0. The van der Waals surface area contributed by atoms with Crippen LogP contribution in [-0.4, -0.2) is 5.78 Å². The third kappa shape index (κ3) is 4.59. The Morgan fingerprint density at radius 3 is 1.71 bits per heavy atom. The second-order valence-electron chi connectivity index (χ2n) is 6.13. The summed E-state index contributed by atoms with van der Waals surface area (Å²) in [6.07, 6.45) is 2.82. The molecule has 0 aromatic heterocycles. The lowest BCUT2D eigenvalue weighted by atomic mass is 9.79. The Hall–Kier alpha value is -0.590. The maximum absolute atomic E-state index is 12.0. The summed E-state index contributed by atoms with van der Waals surface area (Å²) in [5.41, 5.74) is 0.889. The zero-order valence-electron chi connectivity index (χ0n) is 10.7. The fraction of sp³-hybridized carbons (Fsp3) is 0.769. The zero-order chi connectivity index (χ0) is 11.6. The van der Waals surface area contributed by atoms with Gasteiger partial charge in [-0.25, -0.2) is 0 Å². The number of carbonyl (C=O) groups excluding carboxylic acids is 1. The summed E-state index contributed by atoms with van der Waals surface area (Å²) in [6, 6.07) is 0. The Morgan fingerprint density at radius 2 is 1.50 bits per heavy atom. The molecule has 0 aliphatic heterocycles. The van der Waals surface area contributed by atoms with E-state index in [2.05, 4.69) is 20.8 Å². The van der Waals surface area contributed by atoms with Crippen molar-refractivity contribution in [2.45, 2.75) is 54.9 Å². The Kier molecular flexibility index (Phi) is 4.11.